The summed E-state index contributed by atoms with van der Waals surface area (Å²) in [5, 5.41) is 2.81. The SMILES string of the molecule is Nc1c(NCc2ccccc2F)nc[nH]c1=O. The van der Waals surface area contributed by atoms with E-state index >= 15 is 0 Å². The van der Waals surface area contributed by atoms with Crippen LogP contribution in [0, 0.1) is 5.82 Å². The molecule has 0 aliphatic rings. The van der Waals surface area contributed by atoms with E-state index in [0.717, 1.165) is 0 Å². The summed E-state index contributed by atoms with van der Waals surface area (Å²) in [7, 11) is 0. The highest BCUT2D eigenvalue weighted by Crippen LogP contribution is 2.11. The van der Waals surface area contributed by atoms with Gasteiger partial charge in [0.05, 0.1) is 6.33 Å². The Morgan fingerprint density at radius 2 is 2.18 bits per heavy atom. The molecule has 0 aliphatic heterocycles. The zero-order valence-electron chi connectivity index (χ0n) is 8.90. The summed E-state index contributed by atoms with van der Waals surface area (Å²) in [6.07, 6.45) is 1.24. The largest absolute Gasteiger partial charge is 0.391 e. The van der Waals surface area contributed by atoms with Gasteiger partial charge in [0.25, 0.3) is 5.56 Å². The number of H-pyrrole nitrogens is 1. The molecule has 6 heteroatoms. The maximum absolute atomic E-state index is 13.3. The molecular weight excluding hydrogens is 223 g/mol. The lowest BCUT2D eigenvalue weighted by Gasteiger charge is -2.07. The van der Waals surface area contributed by atoms with E-state index in [0.29, 0.717) is 5.56 Å². The van der Waals surface area contributed by atoms with Crippen molar-refractivity contribution in [3.63, 3.8) is 0 Å². The molecule has 0 amide bonds. The number of benzene rings is 1. The third-order valence-corrected chi connectivity index (χ3v) is 2.29. The molecule has 0 aliphatic carbocycles. The molecule has 1 aromatic carbocycles. The minimum atomic E-state index is -0.420. The van der Waals surface area contributed by atoms with E-state index in [1.54, 1.807) is 18.2 Å². The summed E-state index contributed by atoms with van der Waals surface area (Å²) in [6, 6.07) is 6.35. The van der Waals surface area contributed by atoms with Crippen molar-refractivity contribution in [1.29, 1.82) is 0 Å². The van der Waals surface area contributed by atoms with Crippen LogP contribution in [0.4, 0.5) is 15.9 Å². The van der Waals surface area contributed by atoms with Crippen molar-refractivity contribution < 1.29 is 4.39 Å². The first-order valence-electron chi connectivity index (χ1n) is 4.99. The number of anilines is 2. The monoisotopic (exact) mass is 234 g/mol. The summed E-state index contributed by atoms with van der Waals surface area (Å²) in [5.41, 5.74) is 5.57. The second-order valence-corrected chi connectivity index (χ2v) is 3.44. The van der Waals surface area contributed by atoms with Crippen LogP contribution in [0.5, 0.6) is 0 Å². The van der Waals surface area contributed by atoms with Gasteiger partial charge in [0.15, 0.2) is 5.82 Å². The van der Waals surface area contributed by atoms with Gasteiger partial charge in [-0.05, 0) is 6.07 Å². The van der Waals surface area contributed by atoms with Crippen molar-refractivity contribution in [2.75, 3.05) is 11.1 Å². The smallest absolute Gasteiger partial charge is 0.276 e. The number of nitrogens with two attached hydrogens (primary N) is 1. The lowest BCUT2D eigenvalue weighted by atomic mass is 10.2. The highest BCUT2D eigenvalue weighted by atomic mass is 19.1. The van der Waals surface area contributed by atoms with Crippen LogP contribution in [0.2, 0.25) is 0 Å². The molecule has 1 heterocycles. The van der Waals surface area contributed by atoms with E-state index in [-0.39, 0.29) is 23.9 Å². The summed E-state index contributed by atoms with van der Waals surface area (Å²) in [4.78, 5) is 17.4. The molecule has 1 aromatic heterocycles. The number of aromatic amines is 1. The summed E-state index contributed by atoms with van der Waals surface area (Å²) in [6.45, 7) is 0.216. The molecule has 0 atom stereocenters. The molecule has 17 heavy (non-hydrogen) atoms. The maximum atomic E-state index is 13.3. The van der Waals surface area contributed by atoms with Crippen LogP contribution in [0.1, 0.15) is 5.56 Å². The molecule has 0 radical (unpaired) electrons. The van der Waals surface area contributed by atoms with Gasteiger partial charge < -0.3 is 16.0 Å². The standard InChI is InChI=1S/C11H11FN4O/c12-8-4-2-1-3-7(8)5-14-10-9(13)11(17)16-6-15-10/h1-4,6H,5,13H2,(H2,14,15,16,17). The van der Waals surface area contributed by atoms with E-state index in [1.807, 2.05) is 0 Å². The van der Waals surface area contributed by atoms with Crippen molar-refractivity contribution >= 4 is 11.5 Å². The lowest BCUT2D eigenvalue weighted by Crippen LogP contribution is -2.16. The number of nitrogens with zero attached hydrogens (tertiary/aromatic N) is 1. The average molecular weight is 234 g/mol. The minimum absolute atomic E-state index is 0.0103. The van der Waals surface area contributed by atoms with Gasteiger partial charge in [-0.3, -0.25) is 4.79 Å². The first kappa shape index (κ1) is 11.1. The number of halogens is 1. The summed E-state index contributed by atoms with van der Waals surface area (Å²) < 4.78 is 13.3. The molecule has 0 saturated carbocycles. The Balaban J connectivity index is 2.16. The van der Waals surface area contributed by atoms with Crippen LogP contribution in [0.25, 0.3) is 0 Å². The average Bonchev–Trinajstić information content (AvgIpc) is 2.33. The summed E-state index contributed by atoms with van der Waals surface area (Å²) in [5.74, 6) is -0.0691. The van der Waals surface area contributed by atoms with Crippen LogP contribution >= 0.6 is 0 Å². The Bertz CT molecular complexity index is 582. The van der Waals surface area contributed by atoms with Crippen molar-refractivity contribution in [3.8, 4) is 0 Å². The minimum Gasteiger partial charge on any atom is -0.391 e. The number of nitrogen functional groups attached to an aromatic ring is 1. The van der Waals surface area contributed by atoms with Crippen LogP contribution in [-0.4, -0.2) is 9.97 Å². The Labute approximate surface area is 96.5 Å². The van der Waals surface area contributed by atoms with Gasteiger partial charge in [-0.15, -0.1) is 0 Å². The van der Waals surface area contributed by atoms with E-state index in [4.69, 9.17) is 5.73 Å². The van der Waals surface area contributed by atoms with Crippen LogP contribution in [-0.2, 0) is 6.54 Å². The Morgan fingerprint density at radius 1 is 1.41 bits per heavy atom. The molecule has 0 unspecified atom stereocenters. The molecule has 0 fully saturated rings. The molecule has 2 aromatic rings. The van der Waals surface area contributed by atoms with E-state index in [1.165, 1.54) is 12.4 Å². The number of hydrogen-bond acceptors (Lipinski definition) is 4. The van der Waals surface area contributed by atoms with Gasteiger partial charge in [-0.25, -0.2) is 9.37 Å². The van der Waals surface area contributed by atoms with Gasteiger partial charge >= 0.3 is 0 Å². The van der Waals surface area contributed by atoms with Gasteiger partial charge in [-0.1, -0.05) is 18.2 Å². The maximum Gasteiger partial charge on any atom is 0.276 e. The van der Waals surface area contributed by atoms with E-state index in [9.17, 15) is 9.18 Å². The van der Waals surface area contributed by atoms with E-state index in [2.05, 4.69) is 15.3 Å². The fraction of sp³-hybridized carbons (Fsp3) is 0.0909. The van der Waals surface area contributed by atoms with Gasteiger partial charge in [0.2, 0.25) is 0 Å². The molecule has 2 rings (SSSR count). The van der Waals surface area contributed by atoms with Crippen molar-refractivity contribution in [3.05, 3.63) is 52.3 Å². The third-order valence-electron chi connectivity index (χ3n) is 2.29. The zero-order valence-corrected chi connectivity index (χ0v) is 8.90. The molecule has 88 valence electrons. The predicted octanol–water partition coefficient (Wildman–Crippen LogP) is 1.10. The lowest BCUT2D eigenvalue weighted by molar-refractivity contribution is 0.613. The Hall–Kier alpha value is -2.37. The van der Waals surface area contributed by atoms with Gasteiger partial charge in [0, 0.05) is 12.1 Å². The fourth-order valence-electron chi connectivity index (χ4n) is 1.37. The van der Waals surface area contributed by atoms with Crippen LogP contribution < -0.4 is 16.6 Å². The molecule has 5 nitrogen and oxygen atoms in total. The number of rotatable bonds is 3. The van der Waals surface area contributed by atoms with Gasteiger partial charge in [0.1, 0.15) is 11.5 Å². The number of hydrogen-bond donors (Lipinski definition) is 3. The second-order valence-electron chi connectivity index (χ2n) is 3.44. The second kappa shape index (κ2) is 4.65. The van der Waals surface area contributed by atoms with E-state index < -0.39 is 5.56 Å². The third kappa shape index (κ3) is 2.41. The van der Waals surface area contributed by atoms with Crippen molar-refractivity contribution in [2.45, 2.75) is 6.54 Å². The zero-order chi connectivity index (χ0) is 12.3. The first-order valence-corrected chi connectivity index (χ1v) is 4.99. The normalized spacial score (nSPS) is 10.2. The van der Waals surface area contributed by atoms with Crippen LogP contribution in [0.15, 0.2) is 35.4 Å². The molecule has 0 bridgehead atoms. The summed E-state index contributed by atoms with van der Waals surface area (Å²) >= 11 is 0. The Kier molecular flexibility index (Phi) is 3.04. The van der Waals surface area contributed by atoms with Gasteiger partial charge in [-0.2, -0.15) is 0 Å². The topological polar surface area (TPSA) is 83.8 Å². The highest BCUT2D eigenvalue weighted by molar-refractivity contribution is 5.58. The van der Waals surface area contributed by atoms with Crippen molar-refractivity contribution in [1.82, 2.24) is 9.97 Å². The first-order chi connectivity index (χ1) is 8.18. The fourth-order valence-corrected chi connectivity index (χ4v) is 1.37. The molecule has 4 N–H and O–H groups in total. The van der Waals surface area contributed by atoms with Crippen LogP contribution in [0.3, 0.4) is 0 Å². The van der Waals surface area contributed by atoms with Crippen molar-refractivity contribution in [2.24, 2.45) is 0 Å². The Morgan fingerprint density at radius 3 is 2.94 bits per heavy atom. The molecule has 0 saturated heterocycles. The quantitative estimate of drug-likeness (QED) is 0.742. The number of nitrogens with one attached hydrogen (secondary N) is 2. The highest BCUT2D eigenvalue weighted by Gasteiger charge is 2.05. The predicted molar refractivity (Wildman–Crippen MR) is 63.0 cm³/mol. The molecule has 0 spiro atoms. The number of aromatic nitrogens is 2. The molecular formula is C11H11FN4O.